The average molecular weight is 272 g/mol. The predicted molar refractivity (Wildman–Crippen MR) is 77.0 cm³/mol. The van der Waals surface area contributed by atoms with Crippen molar-refractivity contribution in [1.29, 1.82) is 0 Å². The molecule has 3 nitrogen and oxygen atoms in total. The maximum absolute atomic E-state index is 10.8. The highest BCUT2D eigenvalue weighted by Crippen LogP contribution is 2.22. The summed E-state index contributed by atoms with van der Waals surface area (Å²) in [6.45, 7) is 1.92. The van der Waals surface area contributed by atoms with Crippen molar-refractivity contribution in [3.8, 4) is 5.75 Å². The third-order valence-corrected chi connectivity index (χ3v) is 3.25. The fourth-order valence-electron chi connectivity index (χ4n) is 1.75. The number of carbonyl (C=O) groups is 1. The third-order valence-electron chi connectivity index (χ3n) is 2.79. The van der Waals surface area contributed by atoms with Crippen LogP contribution in [0.3, 0.4) is 0 Å². The van der Waals surface area contributed by atoms with Crippen molar-refractivity contribution in [2.45, 2.75) is 6.92 Å². The minimum Gasteiger partial charge on any atom is -0.507 e. The number of aromatic carboxylic acids is 1. The third kappa shape index (κ3) is 2.80. The number of carboxylic acids is 1. The number of phenols is 1. The van der Waals surface area contributed by atoms with Gasteiger partial charge in [-0.3, -0.25) is 0 Å². The smallest absolute Gasteiger partial charge is 0.335 e. The molecule has 0 heterocycles. The zero-order valence-electron chi connectivity index (χ0n) is 10.3. The average Bonchev–Trinajstić information content (AvgIpc) is 2.41. The van der Waals surface area contributed by atoms with E-state index in [2.05, 4.69) is 0 Å². The summed E-state index contributed by atoms with van der Waals surface area (Å²) in [4.78, 5) is 11.3. The van der Waals surface area contributed by atoms with Crippen LogP contribution in [0.5, 0.6) is 5.75 Å². The molecule has 0 radical (unpaired) electrons. The van der Waals surface area contributed by atoms with Crippen molar-refractivity contribution in [2.75, 3.05) is 0 Å². The number of rotatable bonds is 3. The molecular formula is C15H12O3S. The summed E-state index contributed by atoms with van der Waals surface area (Å²) in [5.41, 5.74) is 2.50. The second-order valence-electron chi connectivity index (χ2n) is 4.23. The molecule has 0 amide bonds. The van der Waals surface area contributed by atoms with E-state index in [-0.39, 0.29) is 11.3 Å². The lowest BCUT2D eigenvalue weighted by Gasteiger charge is -2.08. The molecule has 2 aromatic rings. The summed E-state index contributed by atoms with van der Waals surface area (Å²) in [7, 11) is 0. The summed E-state index contributed by atoms with van der Waals surface area (Å²) in [6.07, 6.45) is 0. The van der Waals surface area contributed by atoms with Gasteiger partial charge in [-0.2, -0.15) is 0 Å². The summed E-state index contributed by atoms with van der Waals surface area (Å²) < 4.78 is 0. The van der Waals surface area contributed by atoms with E-state index in [0.29, 0.717) is 16.0 Å². The number of carboxylic acid groups (broad SMARTS) is 1. The molecule has 0 aliphatic carbocycles. The maximum atomic E-state index is 10.8. The number of thiocarbonyl (C=S) groups is 1. The lowest BCUT2D eigenvalue weighted by molar-refractivity contribution is 0.0697. The Bertz CT molecular complexity index is 645. The first-order chi connectivity index (χ1) is 8.99. The van der Waals surface area contributed by atoms with Crippen molar-refractivity contribution in [3.05, 3.63) is 64.7 Å². The molecule has 0 bridgehead atoms. The number of aromatic hydroxyl groups is 1. The summed E-state index contributed by atoms with van der Waals surface area (Å²) in [6, 6.07) is 11.5. The molecule has 19 heavy (non-hydrogen) atoms. The van der Waals surface area contributed by atoms with Gasteiger partial charge in [0, 0.05) is 5.56 Å². The van der Waals surface area contributed by atoms with Crippen LogP contribution in [-0.4, -0.2) is 21.0 Å². The van der Waals surface area contributed by atoms with E-state index >= 15 is 0 Å². The number of aryl methyl sites for hydroxylation is 1. The zero-order chi connectivity index (χ0) is 14.0. The molecule has 0 aliphatic heterocycles. The second kappa shape index (κ2) is 5.20. The molecule has 0 aliphatic rings. The highest BCUT2D eigenvalue weighted by molar-refractivity contribution is 7.81. The van der Waals surface area contributed by atoms with Crippen LogP contribution >= 0.6 is 12.2 Å². The van der Waals surface area contributed by atoms with E-state index in [1.807, 2.05) is 13.0 Å². The van der Waals surface area contributed by atoms with Gasteiger partial charge in [-0.1, -0.05) is 36.0 Å². The molecule has 96 valence electrons. The molecule has 2 N–H and O–H groups in total. The first kappa shape index (κ1) is 13.2. The van der Waals surface area contributed by atoms with Crippen LogP contribution in [0.15, 0.2) is 42.5 Å². The molecule has 0 spiro atoms. The van der Waals surface area contributed by atoms with E-state index in [1.54, 1.807) is 24.3 Å². The Labute approximate surface area is 116 Å². The Balaban J connectivity index is 2.38. The Morgan fingerprint density at radius 1 is 1.05 bits per heavy atom. The highest BCUT2D eigenvalue weighted by atomic mass is 32.1. The van der Waals surface area contributed by atoms with Crippen LogP contribution in [0.1, 0.15) is 27.0 Å². The van der Waals surface area contributed by atoms with Gasteiger partial charge >= 0.3 is 5.97 Å². The van der Waals surface area contributed by atoms with Crippen LogP contribution in [-0.2, 0) is 0 Å². The molecule has 4 heteroatoms. The van der Waals surface area contributed by atoms with Crippen molar-refractivity contribution in [3.63, 3.8) is 0 Å². The minimum atomic E-state index is -0.976. The Morgan fingerprint density at radius 3 is 2.21 bits per heavy atom. The number of hydrogen-bond donors (Lipinski definition) is 2. The Morgan fingerprint density at radius 2 is 1.63 bits per heavy atom. The van der Waals surface area contributed by atoms with E-state index in [9.17, 15) is 9.90 Å². The number of benzene rings is 2. The molecule has 0 saturated heterocycles. The van der Waals surface area contributed by atoms with Gasteiger partial charge in [-0.25, -0.2) is 4.79 Å². The first-order valence-corrected chi connectivity index (χ1v) is 6.07. The highest BCUT2D eigenvalue weighted by Gasteiger charge is 2.10. The number of phenolic OH excluding ortho intramolecular Hbond substituents is 1. The van der Waals surface area contributed by atoms with Crippen molar-refractivity contribution in [2.24, 2.45) is 0 Å². The van der Waals surface area contributed by atoms with Gasteiger partial charge in [0.2, 0.25) is 0 Å². The van der Waals surface area contributed by atoms with E-state index < -0.39 is 5.97 Å². The van der Waals surface area contributed by atoms with Gasteiger partial charge in [0.15, 0.2) is 0 Å². The van der Waals surface area contributed by atoms with Crippen molar-refractivity contribution in [1.82, 2.24) is 0 Å². The van der Waals surface area contributed by atoms with Gasteiger partial charge in [0.25, 0.3) is 0 Å². The fraction of sp³-hybridized carbons (Fsp3) is 0.0667. The van der Waals surface area contributed by atoms with Gasteiger partial charge < -0.3 is 10.2 Å². The van der Waals surface area contributed by atoms with E-state index in [1.165, 1.54) is 12.1 Å². The lowest BCUT2D eigenvalue weighted by Crippen LogP contribution is -2.02. The molecular weight excluding hydrogens is 260 g/mol. The van der Waals surface area contributed by atoms with Crippen LogP contribution in [0.2, 0.25) is 0 Å². The molecule has 2 aromatic carbocycles. The molecule has 0 fully saturated rings. The standard InChI is InChI=1S/C15H12O3S/c1-9-2-7-13(16)12(8-9)14(19)10-3-5-11(6-4-10)15(17)18/h2-8,16H,1H3,(H,17,18). The molecule has 0 atom stereocenters. The Kier molecular flexibility index (Phi) is 3.62. The van der Waals surface area contributed by atoms with Crippen molar-refractivity contribution >= 4 is 23.1 Å². The SMILES string of the molecule is Cc1ccc(O)c(C(=S)c2ccc(C(=O)O)cc2)c1. The fourth-order valence-corrected chi connectivity index (χ4v) is 2.05. The molecule has 0 saturated carbocycles. The van der Waals surface area contributed by atoms with Gasteiger partial charge in [-0.15, -0.1) is 0 Å². The first-order valence-electron chi connectivity index (χ1n) is 5.66. The van der Waals surface area contributed by atoms with Gasteiger partial charge in [-0.05, 0) is 36.8 Å². The minimum absolute atomic E-state index is 0.123. The maximum Gasteiger partial charge on any atom is 0.335 e. The van der Waals surface area contributed by atoms with E-state index in [0.717, 1.165) is 5.56 Å². The topological polar surface area (TPSA) is 57.5 Å². The van der Waals surface area contributed by atoms with E-state index in [4.69, 9.17) is 17.3 Å². The number of hydrogen-bond acceptors (Lipinski definition) is 3. The van der Waals surface area contributed by atoms with Crippen LogP contribution in [0.4, 0.5) is 0 Å². The summed E-state index contributed by atoms with van der Waals surface area (Å²) in [5, 5.41) is 18.7. The quantitative estimate of drug-likeness (QED) is 0.665. The normalized spacial score (nSPS) is 10.2. The second-order valence-corrected chi connectivity index (χ2v) is 4.64. The van der Waals surface area contributed by atoms with Crippen LogP contribution in [0, 0.1) is 6.92 Å². The lowest BCUT2D eigenvalue weighted by atomic mass is 10.0. The summed E-state index contributed by atoms with van der Waals surface area (Å²) in [5.74, 6) is -0.853. The van der Waals surface area contributed by atoms with Gasteiger partial charge in [0.1, 0.15) is 5.75 Å². The zero-order valence-corrected chi connectivity index (χ0v) is 11.1. The monoisotopic (exact) mass is 272 g/mol. The largest absolute Gasteiger partial charge is 0.507 e. The Hall–Kier alpha value is -2.20. The van der Waals surface area contributed by atoms with Crippen LogP contribution < -0.4 is 0 Å². The predicted octanol–water partition coefficient (Wildman–Crippen LogP) is 3.17. The van der Waals surface area contributed by atoms with Gasteiger partial charge in [0.05, 0.1) is 10.4 Å². The summed E-state index contributed by atoms with van der Waals surface area (Å²) >= 11 is 5.34. The molecule has 0 aromatic heterocycles. The molecule has 0 unspecified atom stereocenters. The molecule has 2 rings (SSSR count). The van der Waals surface area contributed by atoms with Crippen molar-refractivity contribution < 1.29 is 15.0 Å². The van der Waals surface area contributed by atoms with Crippen LogP contribution in [0.25, 0.3) is 0 Å².